The maximum atomic E-state index is 13.5. The van der Waals surface area contributed by atoms with Crippen molar-refractivity contribution in [2.75, 3.05) is 6.54 Å². The molecule has 0 saturated heterocycles. The highest BCUT2D eigenvalue weighted by Crippen LogP contribution is 2.50. The highest BCUT2D eigenvalue weighted by atomic mass is 16.6. The Labute approximate surface area is 157 Å². The van der Waals surface area contributed by atoms with Gasteiger partial charge in [0.25, 0.3) is 0 Å². The van der Waals surface area contributed by atoms with Gasteiger partial charge in [0.15, 0.2) is 0 Å². The minimum atomic E-state index is -0.519. The number of esters is 1. The van der Waals surface area contributed by atoms with Gasteiger partial charge in [-0.15, -0.1) is 12.3 Å². The molecule has 0 spiro atoms. The second kappa shape index (κ2) is 7.84. The third-order valence-corrected chi connectivity index (χ3v) is 6.59. The van der Waals surface area contributed by atoms with Crippen LogP contribution in [0.25, 0.3) is 0 Å². The molecular weight excluding hydrogens is 322 g/mol. The number of nitrogens with two attached hydrogens (primary N) is 1. The molecule has 2 fully saturated rings. The zero-order chi connectivity index (χ0) is 18.6. The first-order valence-corrected chi connectivity index (χ1v) is 10.0. The minimum Gasteiger partial charge on any atom is -0.458 e. The molecule has 0 radical (unpaired) electrons. The van der Waals surface area contributed by atoms with Crippen LogP contribution < -0.4 is 5.73 Å². The second-order valence-corrected chi connectivity index (χ2v) is 8.23. The van der Waals surface area contributed by atoms with Gasteiger partial charge in [-0.3, -0.25) is 4.79 Å². The van der Waals surface area contributed by atoms with Gasteiger partial charge in [0.05, 0.1) is 5.41 Å². The van der Waals surface area contributed by atoms with Crippen molar-refractivity contribution in [2.45, 2.75) is 69.3 Å². The van der Waals surface area contributed by atoms with Gasteiger partial charge in [-0.05, 0) is 38.3 Å². The smallest absolute Gasteiger partial charge is 0.317 e. The van der Waals surface area contributed by atoms with E-state index in [9.17, 15) is 4.79 Å². The summed E-state index contributed by atoms with van der Waals surface area (Å²) in [7, 11) is 0. The molecule has 140 valence electrons. The molecule has 26 heavy (non-hydrogen) atoms. The summed E-state index contributed by atoms with van der Waals surface area (Å²) in [4.78, 5) is 13.5. The number of hydrogen-bond acceptors (Lipinski definition) is 3. The van der Waals surface area contributed by atoms with Crippen LogP contribution >= 0.6 is 0 Å². The van der Waals surface area contributed by atoms with Gasteiger partial charge in [0.1, 0.15) is 5.60 Å². The van der Waals surface area contributed by atoms with Crippen LogP contribution in [-0.2, 0) is 14.9 Å². The zero-order valence-electron chi connectivity index (χ0n) is 15.9. The fourth-order valence-corrected chi connectivity index (χ4v) is 4.98. The summed E-state index contributed by atoms with van der Waals surface area (Å²) in [5, 5.41) is 0. The molecule has 0 amide bonds. The van der Waals surface area contributed by atoms with Crippen LogP contribution in [-0.4, -0.2) is 18.1 Å². The molecule has 3 heteroatoms. The molecular formula is C23H31NO2. The number of carbonyl (C=O) groups excluding carboxylic acids is 1. The SMILES string of the molecule is C#CC1CC(C)(OC(=O)C2(c3ccccc3)CCCCCC2)C1CCN. The standard InChI is InChI=1S/C23H31NO2/c1-3-18-17-22(2,20(18)13-16-24)26-21(25)23(14-9-4-5-10-15-23)19-11-7-6-8-12-19/h1,6-8,11-12,18,20H,4-5,9-10,13-17,24H2,2H3. The highest BCUT2D eigenvalue weighted by molar-refractivity contribution is 5.83. The summed E-state index contributed by atoms with van der Waals surface area (Å²) < 4.78 is 6.23. The zero-order valence-corrected chi connectivity index (χ0v) is 15.9. The van der Waals surface area contributed by atoms with E-state index in [1.807, 2.05) is 25.1 Å². The van der Waals surface area contributed by atoms with E-state index in [4.69, 9.17) is 16.9 Å². The summed E-state index contributed by atoms with van der Waals surface area (Å²) >= 11 is 0. The molecule has 0 bridgehead atoms. The quantitative estimate of drug-likeness (QED) is 0.490. The lowest BCUT2D eigenvalue weighted by molar-refractivity contribution is -0.193. The van der Waals surface area contributed by atoms with Crippen molar-refractivity contribution in [1.29, 1.82) is 0 Å². The highest BCUT2D eigenvalue weighted by Gasteiger charge is 2.54. The van der Waals surface area contributed by atoms with Crippen LogP contribution in [0.5, 0.6) is 0 Å². The number of ether oxygens (including phenoxy) is 1. The van der Waals surface area contributed by atoms with Gasteiger partial charge < -0.3 is 10.5 Å². The molecule has 3 rings (SSSR count). The van der Waals surface area contributed by atoms with Crippen LogP contribution in [0.15, 0.2) is 30.3 Å². The number of benzene rings is 1. The molecule has 0 aliphatic heterocycles. The Bertz CT molecular complexity index is 655. The number of rotatable bonds is 5. The Morgan fingerprint density at radius 3 is 2.46 bits per heavy atom. The molecule has 1 aromatic rings. The average molecular weight is 354 g/mol. The molecule has 2 N–H and O–H groups in total. The minimum absolute atomic E-state index is 0.0643. The first-order chi connectivity index (χ1) is 12.6. The fraction of sp³-hybridized carbons (Fsp3) is 0.609. The van der Waals surface area contributed by atoms with Crippen LogP contribution in [0.4, 0.5) is 0 Å². The first kappa shape index (κ1) is 19.0. The Morgan fingerprint density at radius 1 is 1.23 bits per heavy atom. The Hall–Kier alpha value is -1.79. The van der Waals surface area contributed by atoms with E-state index in [1.165, 1.54) is 12.8 Å². The largest absolute Gasteiger partial charge is 0.458 e. The van der Waals surface area contributed by atoms with Gasteiger partial charge in [-0.25, -0.2) is 0 Å². The lowest BCUT2D eigenvalue weighted by Gasteiger charge is -2.51. The maximum absolute atomic E-state index is 13.5. The molecule has 3 nitrogen and oxygen atoms in total. The summed E-state index contributed by atoms with van der Waals surface area (Å²) in [6.45, 7) is 2.61. The van der Waals surface area contributed by atoms with Crippen LogP contribution in [0, 0.1) is 24.2 Å². The molecule has 1 aromatic carbocycles. The number of terminal acetylenes is 1. The van der Waals surface area contributed by atoms with E-state index < -0.39 is 11.0 Å². The molecule has 2 aliphatic carbocycles. The van der Waals surface area contributed by atoms with Gasteiger partial charge in [0.2, 0.25) is 0 Å². The predicted molar refractivity (Wildman–Crippen MR) is 104 cm³/mol. The van der Waals surface area contributed by atoms with Gasteiger partial charge >= 0.3 is 5.97 Å². The van der Waals surface area contributed by atoms with Gasteiger partial charge in [-0.1, -0.05) is 56.0 Å². The fourth-order valence-electron chi connectivity index (χ4n) is 4.98. The molecule has 3 unspecified atom stereocenters. The van der Waals surface area contributed by atoms with E-state index in [1.54, 1.807) is 0 Å². The van der Waals surface area contributed by atoms with E-state index in [0.29, 0.717) is 6.54 Å². The lowest BCUT2D eigenvalue weighted by atomic mass is 9.60. The van der Waals surface area contributed by atoms with E-state index in [2.05, 4.69) is 18.1 Å². The topological polar surface area (TPSA) is 52.3 Å². The Kier molecular flexibility index (Phi) is 5.73. The normalized spacial score (nSPS) is 30.5. The third kappa shape index (κ3) is 3.40. The van der Waals surface area contributed by atoms with Crippen molar-refractivity contribution in [3.05, 3.63) is 35.9 Å². The van der Waals surface area contributed by atoms with Crippen LogP contribution in [0.1, 0.15) is 63.9 Å². The average Bonchev–Trinajstić information content (AvgIpc) is 2.92. The lowest BCUT2D eigenvalue weighted by Crippen LogP contribution is -2.56. The number of hydrogen-bond donors (Lipinski definition) is 1. The van der Waals surface area contributed by atoms with Gasteiger partial charge in [-0.2, -0.15) is 0 Å². The van der Waals surface area contributed by atoms with Crippen molar-refractivity contribution in [3.8, 4) is 12.3 Å². The molecule has 3 atom stereocenters. The molecule has 0 aromatic heterocycles. The summed E-state index contributed by atoms with van der Waals surface area (Å²) in [5.74, 6) is 3.12. The van der Waals surface area contributed by atoms with Crippen molar-refractivity contribution in [1.82, 2.24) is 0 Å². The predicted octanol–water partition coefficient (Wildman–Crippen LogP) is 4.20. The van der Waals surface area contributed by atoms with Gasteiger partial charge in [0, 0.05) is 18.3 Å². The molecule has 0 heterocycles. The van der Waals surface area contributed by atoms with Crippen molar-refractivity contribution >= 4 is 5.97 Å². The monoisotopic (exact) mass is 353 g/mol. The van der Waals surface area contributed by atoms with Crippen LogP contribution in [0.2, 0.25) is 0 Å². The summed E-state index contributed by atoms with van der Waals surface area (Å²) in [5.41, 5.74) is 5.87. The number of carbonyl (C=O) groups is 1. The first-order valence-electron chi connectivity index (χ1n) is 10.0. The third-order valence-electron chi connectivity index (χ3n) is 6.59. The Balaban J connectivity index is 1.86. The van der Waals surface area contributed by atoms with E-state index >= 15 is 0 Å². The Morgan fingerprint density at radius 2 is 1.88 bits per heavy atom. The second-order valence-electron chi connectivity index (χ2n) is 8.23. The maximum Gasteiger partial charge on any atom is 0.317 e. The van der Waals surface area contributed by atoms with E-state index in [0.717, 1.165) is 44.1 Å². The summed E-state index contributed by atoms with van der Waals surface area (Å²) in [6.07, 6.45) is 13.4. The summed E-state index contributed by atoms with van der Waals surface area (Å²) in [6, 6.07) is 10.2. The molecule has 2 saturated carbocycles. The van der Waals surface area contributed by atoms with E-state index in [-0.39, 0.29) is 17.8 Å². The molecule has 2 aliphatic rings. The van der Waals surface area contributed by atoms with Crippen molar-refractivity contribution in [2.24, 2.45) is 17.6 Å². The van der Waals surface area contributed by atoms with Crippen molar-refractivity contribution in [3.63, 3.8) is 0 Å². The van der Waals surface area contributed by atoms with Crippen molar-refractivity contribution < 1.29 is 9.53 Å². The van der Waals surface area contributed by atoms with Crippen LogP contribution in [0.3, 0.4) is 0 Å².